The molecule has 0 unspecified atom stereocenters. The van der Waals surface area contributed by atoms with Crippen LogP contribution in [0.25, 0.3) is 6.08 Å². The van der Waals surface area contributed by atoms with E-state index in [1.54, 1.807) is 7.11 Å². The Labute approximate surface area is 179 Å². The van der Waals surface area contributed by atoms with Crippen LogP contribution in [-0.2, 0) is 21.1 Å². The van der Waals surface area contributed by atoms with Crippen molar-refractivity contribution in [1.82, 2.24) is 4.90 Å². The number of benzene rings is 2. The smallest absolute Gasteiger partial charge is 0.121 e. The van der Waals surface area contributed by atoms with Crippen LogP contribution in [0.15, 0.2) is 77.2 Å². The van der Waals surface area contributed by atoms with Gasteiger partial charge in [-0.1, -0.05) is 72.5 Å². The Morgan fingerprint density at radius 1 is 0.966 bits per heavy atom. The van der Waals surface area contributed by atoms with Crippen LogP contribution in [0.1, 0.15) is 24.8 Å². The van der Waals surface area contributed by atoms with Crippen LogP contribution in [0, 0.1) is 0 Å². The molecule has 1 fully saturated rings. The van der Waals surface area contributed by atoms with Crippen molar-refractivity contribution in [3.8, 4) is 0 Å². The van der Waals surface area contributed by atoms with E-state index >= 15 is 0 Å². The van der Waals surface area contributed by atoms with Crippen LogP contribution >= 0.6 is 6.26 Å². The predicted molar refractivity (Wildman–Crippen MR) is 125 cm³/mol. The summed E-state index contributed by atoms with van der Waals surface area (Å²) < 4.78 is 11.8. The van der Waals surface area contributed by atoms with Crippen LogP contribution in [0.2, 0.25) is 0 Å². The molecule has 1 atom stereocenters. The van der Waals surface area contributed by atoms with Gasteiger partial charge in [-0.2, -0.15) is 0 Å². The molecule has 3 nitrogen and oxygen atoms in total. The molecule has 1 aliphatic heterocycles. The van der Waals surface area contributed by atoms with Crippen molar-refractivity contribution < 1.29 is 9.26 Å². The van der Waals surface area contributed by atoms with E-state index in [1.165, 1.54) is 22.1 Å². The summed E-state index contributed by atoms with van der Waals surface area (Å²) in [6.07, 6.45) is 3.21. The second kappa shape index (κ2) is 9.40. The highest BCUT2D eigenvalue weighted by molar-refractivity contribution is 8.17. The van der Waals surface area contributed by atoms with Crippen molar-refractivity contribution in [2.24, 2.45) is 0 Å². The molecule has 4 rings (SSSR count). The molecule has 1 heterocycles. The van der Waals surface area contributed by atoms with Crippen molar-refractivity contribution >= 4 is 29.5 Å². The van der Waals surface area contributed by atoms with E-state index in [4.69, 9.17) is 21.1 Å². The molecule has 0 aromatic heterocycles. The van der Waals surface area contributed by atoms with Gasteiger partial charge in [0, 0.05) is 36.5 Å². The third-order valence-corrected chi connectivity index (χ3v) is 9.99. The molecule has 0 bridgehead atoms. The lowest BCUT2D eigenvalue weighted by molar-refractivity contribution is 0.0539. The molecule has 0 amide bonds. The molecule has 0 saturated carbocycles. The lowest BCUT2D eigenvalue weighted by Crippen LogP contribution is -2.37. The van der Waals surface area contributed by atoms with Gasteiger partial charge < -0.3 is 14.2 Å². The van der Waals surface area contributed by atoms with Gasteiger partial charge in [0.2, 0.25) is 0 Å². The normalized spacial score (nSPS) is 21.3. The molecular weight excluding hydrogens is 397 g/mol. The van der Waals surface area contributed by atoms with Gasteiger partial charge in [0.05, 0.1) is 13.2 Å². The fourth-order valence-corrected chi connectivity index (χ4v) is 7.44. The van der Waals surface area contributed by atoms with Gasteiger partial charge in [0.15, 0.2) is 0 Å². The van der Waals surface area contributed by atoms with E-state index in [0.29, 0.717) is 0 Å². The zero-order chi connectivity index (χ0) is 20.1. The highest BCUT2D eigenvalue weighted by Crippen LogP contribution is 2.59. The summed E-state index contributed by atoms with van der Waals surface area (Å²) in [6, 6.07) is 21.0. The van der Waals surface area contributed by atoms with Gasteiger partial charge in [-0.05, 0) is 36.5 Å². The Kier molecular flexibility index (Phi) is 6.67. The van der Waals surface area contributed by atoms with Crippen LogP contribution in [-0.4, -0.2) is 38.3 Å². The molecule has 1 saturated heterocycles. The quantitative estimate of drug-likeness (QED) is 0.617. The topological polar surface area (TPSA) is 21.7 Å². The number of nitrogens with zero attached hydrogens (tertiary/aromatic N) is 1. The summed E-state index contributed by atoms with van der Waals surface area (Å²) in [4.78, 5) is 2.48. The number of rotatable bonds is 5. The maximum Gasteiger partial charge on any atom is 0.121 e. The van der Waals surface area contributed by atoms with E-state index in [2.05, 4.69) is 65.6 Å². The summed E-state index contributed by atoms with van der Waals surface area (Å²) in [5.74, 6) is 0. The minimum absolute atomic E-state index is 0.761. The molecule has 2 aromatic carbocycles. The molecule has 5 heteroatoms. The van der Waals surface area contributed by atoms with Gasteiger partial charge in [0.25, 0.3) is 0 Å². The van der Waals surface area contributed by atoms with Gasteiger partial charge >= 0.3 is 0 Å². The van der Waals surface area contributed by atoms with Crippen LogP contribution < -0.4 is 5.30 Å². The number of hydrogen-bond acceptors (Lipinski definition) is 4. The highest BCUT2D eigenvalue weighted by atomic mass is 32.4. The first-order chi connectivity index (χ1) is 14.2. The molecule has 0 spiro atoms. The van der Waals surface area contributed by atoms with Gasteiger partial charge in [0.1, 0.15) is 6.26 Å². The third kappa shape index (κ3) is 4.41. The van der Waals surface area contributed by atoms with Crippen LogP contribution in [0.5, 0.6) is 0 Å². The zero-order valence-electron chi connectivity index (χ0n) is 16.9. The fraction of sp³-hybridized carbons (Fsp3) is 0.333. The van der Waals surface area contributed by atoms with Crippen LogP contribution in [0.3, 0.4) is 0 Å². The van der Waals surface area contributed by atoms with E-state index < -0.39 is 6.26 Å². The maximum absolute atomic E-state index is 6.30. The van der Waals surface area contributed by atoms with Crippen molar-refractivity contribution in [3.05, 3.63) is 82.8 Å². The molecule has 1 aliphatic carbocycles. The third-order valence-electron chi connectivity index (χ3n) is 5.61. The van der Waals surface area contributed by atoms with Gasteiger partial charge in [-0.25, -0.2) is 0 Å². The largest absolute Gasteiger partial charge is 0.378 e. The Bertz CT molecular complexity index is 934. The summed E-state index contributed by atoms with van der Waals surface area (Å²) >= 11 is 6.30. The lowest BCUT2D eigenvalue weighted by atomic mass is 9.94. The minimum Gasteiger partial charge on any atom is -0.378 e. The SMILES string of the molecule is CO[P@@](=S)(C1=C(N2CCOCC2)C(=Cc2ccccc2)CCC1)c1ccccc1. The second-order valence-electron chi connectivity index (χ2n) is 7.40. The second-order valence-corrected chi connectivity index (χ2v) is 11.5. The molecule has 0 N–H and O–H groups in total. The Hall–Kier alpha value is -1.71. The van der Waals surface area contributed by atoms with E-state index in [1.807, 2.05) is 6.07 Å². The molecule has 29 heavy (non-hydrogen) atoms. The average molecular weight is 426 g/mol. The molecule has 152 valence electrons. The molecule has 2 aliphatic rings. The van der Waals surface area contributed by atoms with E-state index in [-0.39, 0.29) is 0 Å². The van der Waals surface area contributed by atoms with Crippen molar-refractivity contribution in [3.63, 3.8) is 0 Å². The van der Waals surface area contributed by atoms with Crippen molar-refractivity contribution in [1.29, 1.82) is 0 Å². The summed E-state index contributed by atoms with van der Waals surface area (Å²) in [6.45, 7) is 3.32. The van der Waals surface area contributed by atoms with Gasteiger partial charge in [-0.15, -0.1) is 0 Å². The number of hydrogen-bond donors (Lipinski definition) is 0. The first kappa shape index (κ1) is 20.6. The minimum atomic E-state index is -2.30. The standard InChI is InChI=1S/C24H28NO2PS/c1-26-28(29,22-12-6-3-7-13-22)23-14-8-11-21(19-20-9-4-2-5-10-20)24(23)25-15-17-27-18-16-25/h2-7,9-10,12-13,19H,8,11,14-18H2,1H3/t28-/m0/s1. The highest BCUT2D eigenvalue weighted by Gasteiger charge is 2.33. The first-order valence-electron chi connectivity index (χ1n) is 10.3. The van der Waals surface area contributed by atoms with Crippen LogP contribution in [0.4, 0.5) is 0 Å². The van der Waals surface area contributed by atoms with Crippen molar-refractivity contribution in [2.75, 3.05) is 33.4 Å². The Morgan fingerprint density at radius 3 is 2.28 bits per heavy atom. The summed E-state index contributed by atoms with van der Waals surface area (Å²) in [5, 5.41) is 2.45. The lowest BCUT2D eigenvalue weighted by Gasteiger charge is -2.39. The first-order valence-corrected chi connectivity index (χ1v) is 13.0. The predicted octanol–water partition coefficient (Wildman–Crippen LogP) is 5.16. The zero-order valence-corrected chi connectivity index (χ0v) is 18.6. The number of allylic oxidation sites excluding steroid dienone is 2. The monoisotopic (exact) mass is 425 g/mol. The summed E-state index contributed by atoms with van der Waals surface area (Å²) in [7, 11) is 1.78. The van der Waals surface area contributed by atoms with Gasteiger partial charge in [-0.3, -0.25) is 0 Å². The van der Waals surface area contributed by atoms with E-state index in [9.17, 15) is 0 Å². The van der Waals surface area contributed by atoms with E-state index in [0.717, 1.165) is 50.9 Å². The molecular formula is C24H28NO2PS. The molecule has 2 aromatic rings. The Balaban J connectivity index is 1.88. The molecule has 0 radical (unpaired) electrons. The number of ether oxygens (including phenoxy) is 1. The fourth-order valence-electron chi connectivity index (χ4n) is 4.21. The Morgan fingerprint density at radius 2 is 1.62 bits per heavy atom. The number of morpholine rings is 1. The average Bonchev–Trinajstić information content (AvgIpc) is 2.80. The summed E-state index contributed by atoms with van der Waals surface area (Å²) in [5.41, 5.74) is 3.93. The van der Waals surface area contributed by atoms with Crippen molar-refractivity contribution in [2.45, 2.75) is 19.3 Å². The maximum atomic E-state index is 6.30.